The number of carbonyl (C=O) groups excluding carboxylic acids is 3. The first-order chi connectivity index (χ1) is 13.5. The second-order valence-electron chi connectivity index (χ2n) is 6.10. The molecule has 0 bridgehead atoms. The van der Waals surface area contributed by atoms with Gasteiger partial charge in [0.1, 0.15) is 23.0 Å². The number of hydrogen-bond acceptors (Lipinski definition) is 5. The summed E-state index contributed by atoms with van der Waals surface area (Å²) in [6.07, 6.45) is 2.94. The SMILES string of the molecule is NC(=O)c1ccc(-c2ccc(/C=C3/NC(=O)N(Cc4ccco4)C3=O)o2)cc1. The Balaban J connectivity index is 1.52. The molecule has 4 rings (SSSR count). The fraction of sp³-hybridized carbons (Fsp3) is 0.0500. The second kappa shape index (κ2) is 6.92. The van der Waals surface area contributed by atoms with Crippen LogP contribution < -0.4 is 11.1 Å². The Bertz CT molecular complexity index is 1080. The zero-order valence-corrected chi connectivity index (χ0v) is 14.5. The summed E-state index contributed by atoms with van der Waals surface area (Å²) < 4.78 is 10.9. The molecule has 0 unspecified atom stereocenters. The van der Waals surface area contributed by atoms with Crippen LogP contribution in [0.15, 0.2) is 69.3 Å². The van der Waals surface area contributed by atoms with Gasteiger partial charge in [-0.3, -0.25) is 14.5 Å². The van der Waals surface area contributed by atoms with E-state index in [0.717, 1.165) is 10.5 Å². The average molecular weight is 377 g/mol. The molecule has 3 aromatic rings. The lowest BCUT2D eigenvalue weighted by Gasteiger charge is -2.08. The fourth-order valence-electron chi connectivity index (χ4n) is 2.80. The summed E-state index contributed by atoms with van der Waals surface area (Å²) in [6.45, 7) is 0.0463. The van der Waals surface area contributed by atoms with Gasteiger partial charge in [-0.15, -0.1) is 0 Å². The van der Waals surface area contributed by atoms with Gasteiger partial charge in [0, 0.05) is 17.2 Å². The van der Waals surface area contributed by atoms with Gasteiger partial charge < -0.3 is 19.9 Å². The Morgan fingerprint density at radius 2 is 1.89 bits per heavy atom. The maximum atomic E-state index is 12.5. The van der Waals surface area contributed by atoms with Crippen molar-refractivity contribution in [1.29, 1.82) is 0 Å². The van der Waals surface area contributed by atoms with Crippen LogP contribution >= 0.6 is 0 Å². The van der Waals surface area contributed by atoms with E-state index >= 15 is 0 Å². The van der Waals surface area contributed by atoms with Crippen molar-refractivity contribution < 1.29 is 23.2 Å². The van der Waals surface area contributed by atoms with E-state index in [1.807, 2.05) is 0 Å². The third-order valence-electron chi connectivity index (χ3n) is 4.22. The lowest BCUT2D eigenvalue weighted by Crippen LogP contribution is -2.30. The molecule has 8 heteroatoms. The summed E-state index contributed by atoms with van der Waals surface area (Å²) >= 11 is 0. The Morgan fingerprint density at radius 3 is 2.57 bits per heavy atom. The lowest BCUT2D eigenvalue weighted by atomic mass is 10.1. The number of carbonyl (C=O) groups is 3. The van der Waals surface area contributed by atoms with E-state index in [-0.39, 0.29) is 12.2 Å². The molecule has 3 heterocycles. The van der Waals surface area contributed by atoms with Crippen LogP contribution in [0.4, 0.5) is 4.79 Å². The van der Waals surface area contributed by atoms with E-state index in [1.165, 1.54) is 12.3 Å². The minimum Gasteiger partial charge on any atom is -0.467 e. The molecule has 1 aliphatic rings. The van der Waals surface area contributed by atoms with Crippen LogP contribution in [0.2, 0.25) is 0 Å². The maximum Gasteiger partial charge on any atom is 0.329 e. The van der Waals surface area contributed by atoms with Crippen molar-refractivity contribution in [2.45, 2.75) is 6.54 Å². The van der Waals surface area contributed by atoms with E-state index in [2.05, 4.69) is 5.32 Å². The molecule has 1 aromatic carbocycles. The van der Waals surface area contributed by atoms with Gasteiger partial charge in [-0.1, -0.05) is 12.1 Å². The van der Waals surface area contributed by atoms with Crippen LogP contribution in [0, 0.1) is 0 Å². The molecular weight excluding hydrogens is 362 g/mol. The molecule has 2 aromatic heterocycles. The first kappa shape index (κ1) is 17.3. The number of nitrogens with two attached hydrogens (primary N) is 1. The molecule has 8 nitrogen and oxygen atoms in total. The standard InChI is InChI=1S/C20H15N3O5/c21-18(24)13-5-3-12(4-6-13)17-8-7-14(28-17)10-16-19(25)23(20(26)22-16)11-15-2-1-9-27-15/h1-10H,11H2,(H2,21,24)(H,22,26)/b16-10+. The molecule has 1 fully saturated rings. The predicted octanol–water partition coefficient (Wildman–Crippen LogP) is 2.73. The van der Waals surface area contributed by atoms with Gasteiger partial charge in [-0.2, -0.15) is 0 Å². The second-order valence-corrected chi connectivity index (χ2v) is 6.10. The highest BCUT2D eigenvalue weighted by atomic mass is 16.3. The molecule has 28 heavy (non-hydrogen) atoms. The van der Waals surface area contributed by atoms with Gasteiger partial charge in [0.05, 0.1) is 12.8 Å². The predicted molar refractivity (Wildman–Crippen MR) is 98.4 cm³/mol. The van der Waals surface area contributed by atoms with Crippen molar-refractivity contribution in [2.75, 3.05) is 0 Å². The zero-order valence-electron chi connectivity index (χ0n) is 14.5. The third kappa shape index (κ3) is 3.30. The number of amides is 4. The van der Waals surface area contributed by atoms with Crippen LogP contribution in [-0.4, -0.2) is 22.7 Å². The number of nitrogens with zero attached hydrogens (tertiary/aromatic N) is 1. The molecule has 140 valence electrons. The van der Waals surface area contributed by atoms with Crippen molar-refractivity contribution in [3.8, 4) is 11.3 Å². The molecule has 0 spiro atoms. The largest absolute Gasteiger partial charge is 0.467 e. The third-order valence-corrected chi connectivity index (χ3v) is 4.22. The average Bonchev–Trinajstić information content (AvgIpc) is 3.41. The molecule has 1 saturated heterocycles. The van der Waals surface area contributed by atoms with E-state index in [1.54, 1.807) is 48.5 Å². The van der Waals surface area contributed by atoms with Crippen molar-refractivity contribution in [3.05, 3.63) is 77.6 Å². The highest BCUT2D eigenvalue weighted by Crippen LogP contribution is 2.25. The Hall–Kier alpha value is -4.07. The topological polar surface area (TPSA) is 119 Å². The van der Waals surface area contributed by atoms with E-state index in [9.17, 15) is 14.4 Å². The lowest BCUT2D eigenvalue weighted by molar-refractivity contribution is -0.123. The Labute approximate surface area is 159 Å². The van der Waals surface area contributed by atoms with Crippen LogP contribution in [0.1, 0.15) is 21.9 Å². The van der Waals surface area contributed by atoms with Crippen molar-refractivity contribution in [2.24, 2.45) is 5.73 Å². The van der Waals surface area contributed by atoms with Crippen molar-refractivity contribution in [3.63, 3.8) is 0 Å². The smallest absolute Gasteiger partial charge is 0.329 e. The van der Waals surface area contributed by atoms with Crippen LogP contribution in [0.5, 0.6) is 0 Å². The first-order valence-corrected chi connectivity index (χ1v) is 8.38. The summed E-state index contributed by atoms with van der Waals surface area (Å²) in [5.41, 5.74) is 6.49. The molecule has 4 amide bonds. The van der Waals surface area contributed by atoms with Crippen molar-refractivity contribution in [1.82, 2.24) is 10.2 Å². The minimum atomic E-state index is -0.526. The molecule has 0 radical (unpaired) electrons. The molecule has 0 atom stereocenters. The number of benzene rings is 1. The minimum absolute atomic E-state index is 0.0463. The van der Waals surface area contributed by atoms with Gasteiger partial charge in [0.15, 0.2) is 0 Å². The number of nitrogens with one attached hydrogen (secondary N) is 1. The number of imide groups is 1. The number of primary amides is 1. The molecule has 1 aliphatic heterocycles. The van der Waals surface area contributed by atoms with Crippen molar-refractivity contribution >= 4 is 23.9 Å². The number of hydrogen-bond donors (Lipinski definition) is 2. The van der Waals surface area contributed by atoms with Crippen LogP contribution in [-0.2, 0) is 11.3 Å². The van der Waals surface area contributed by atoms with Crippen LogP contribution in [0.25, 0.3) is 17.4 Å². The summed E-state index contributed by atoms with van der Waals surface area (Å²) in [7, 11) is 0. The highest BCUT2D eigenvalue weighted by molar-refractivity contribution is 6.13. The van der Waals surface area contributed by atoms with Gasteiger partial charge in [-0.05, 0) is 36.4 Å². The summed E-state index contributed by atoms with van der Waals surface area (Å²) in [5.74, 6) is 0.477. The van der Waals surface area contributed by atoms with Crippen LogP contribution in [0.3, 0.4) is 0 Å². The zero-order chi connectivity index (χ0) is 19.7. The summed E-state index contributed by atoms with van der Waals surface area (Å²) in [4.78, 5) is 36.7. The number of furan rings is 2. The van der Waals surface area contributed by atoms with E-state index < -0.39 is 17.8 Å². The highest BCUT2D eigenvalue weighted by Gasteiger charge is 2.34. The first-order valence-electron chi connectivity index (χ1n) is 8.38. The molecular formula is C20H15N3O5. The fourth-order valence-corrected chi connectivity index (χ4v) is 2.80. The normalized spacial score (nSPS) is 15.3. The summed E-state index contributed by atoms with van der Waals surface area (Å²) in [5, 5.41) is 2.53. The van der Waals surface area contributed by atoms with Gasteiger partial charge in [0.2, 0.25) is 5.91 Å². The van der Waals surface area contributed by atoms with Gasteiger partial charge >= 0.3 is 6.03 Å². The number of rotatable bonds is 5. The monoisotopic (exact) mass is 377 g/mol. The van der Waals surface area contributed by atoms with E-state index in [0.29, 0.717) is 22.8 Å². The number of urea groups is 1. The molecule has 0 saturated carbocycles. The van der Waals surface area contributed by atoms with Gasteiger partial charge in [0.25, 0.3) is 5.91 Å². The summed E-state index contributed by atoms with van der Waals surface area (Å²) in [6, 6.07) is 12.9. The maximum absolute atomic E-state index is 12.5. The Kier molecular flexibility index (Phi) is 4.29. The van der Waals surface area contributed by atoms with E-state index in [4.69, 9.17) is 14.6 Å². The van der Waals surface area contributed by atoms with Gasteiger partial charge in [-0.25, -0.2) is 4.79 Å². The Morgan fingerprint density at radius 1 is 1.11 bits per heavy atom. The molecule has 3 N–H and O–H groups in total. The quantitative estimate of drug-likeness (QED) is 0.523. The molecule has 0 aliphatic carbocycles.